The van der Waals surface area contributed by atoms with Crippen LogP contribution >= 0.6 is 0 Å². The molecule has 6 rings (SSSR count). The van der Waals surface area contributed by atoms with E-state index in [1.807, 2.05) is 42.5 Å². The Morgan fingerprint density at radius 1 is 0.800 bits per heavy atom. The number of H-pyrrole nitrogens is 2. The maximum absolute atomic E-state index is 12.6. The Hall–Kier alpha value is -3.60. The predicted octanol–water partition coefficient (Wildman–Crippen LogP) is 4.01. The minimum absolute atomic E-state index is 0.104. The van der Waals surface area contributed by atoms with Gasteiger partial charge in [-0.1, -0.05) is 30.3 Å². The molecule has 0 bridgehead atoms. The topological polar surface area (TPSA) is 81.8 Å². The Bertz CT molecular complexity index is 1530. The van der Waals surface area contributed by atoms with E-state index in [-0.39, 0.29) is 11.4 Å². The summed E-state index contributed by atoms with van der Waals surface area (Å²) in [5.74, 6) is -0.104. The lowest BCUT2D eigenvalue weighted by molar-refractivity contribution is 0.462. The first-order chi connectivity index (χ1) is 12.2. The van der Waals surface area contributed by atoms with E-state index in [0.717, 1.165) is 43.5 Å². The number of hydrogen-bond donors (Lipinski definition) is 3. The van der Waals surface area contributed by atoms with Crippen molar-refractivity contribution in [2.24, 2.45) is 0 Å². The van der Waals surface area contributed by atoms with Crippen LogP contribution in [0.5, 0.6) is 5.88 Å². The molecule has 3 aromatic carbocycles. The molecule has 5 nitrogen and oxygen atoms in total. The van der Waals surface area contributed by atoms with Gasteiger partial charge < -0.3 is 10.1 Å². The fraction of sp³-hybridized carbons (Fsp3) is 0. The summed E-state index contributed by atoms with van der Waals surface area (Å²) in [6, 6.07) is 13.8. The van der Waals surface area contributed by atoms with Gasteiger partial charge in [0.05, 0.1) is 21.8 Å². The first kappa shape index (κ1) is 12.8. The Morgan fingerprint density at radius 3 is 2.56 bits per heavy atom. The van der Waals surface area contributed by atoms with Crippen molar-refractivity contribution >= 4 is 54.3 Å². The van der Waals surface area contributed by atoms with Crippen molar-refractivity contribution in [2.75, 3.05) is 0 Å². The third-order valence-corrected chi connectivity index (χ3v) is 5.09. The Morgan fingerprint density at radius 2 is 1.64 bits per heavy atom. The quantitative estimate of drug-likeness (QED) is 0.395. The van der Waals surface area contributed by atoms with Gasteiger partial charge in [0.15, 0.2) is 5.88 Å². The molecule has 3 aromatic heterocycles. The van der Waals surface area contributed by atoms with E-state index in [2.05, 4.69) is 15.0 Å². The van der Waals surface area contributed by atoms with Crippen molar-refractivity contribution < 1.29 is 5.11 Å². The van der Waals surface area contributed by atoms with Crippen molar-refractivity contribution in [3.05, 3.63) is 59.0 Å². The molecule has 6 aromatic rings. The molecular weight excluding hydrogens is 314 g/mol. The molecule has 5 heteroatoms. The lowest BCUT2D eigenvalue weighted by atomic mass is 10.1. The molecule has 0 aliphatic rings. The van der Waals surface area contributed by atoms with Crippen LogP contribution in [0.1, 0.15) is 0 Å². The van der Waals surface area contributed by atoms with E-state index in [9.17, 15) is 9.90 Å². The van der Waals surface area contributed by atoms with Crippen LogP contribution in [0, 0.1) is 0 Å². The number of hydrogen-bond acceptors (Lipinski definition) is 3. The van der Waals surface area contributed by atoms with Gasteiger partial charge >= 0.3 is 0 Å². The van der Waals surface area contributed by atoms with Crippen LogP contribution in [0.2, 0.25) is 0 Å². The van der Waals surface area contributed by atoms with E-state index in [0.29, 0.717) is 10.8 Å². The lowest BCUT2D eigenvalue weighted by Crippen LogP contribution is -1.96. The van der Waals surface area contributed by atoms with Crippen molar-refractivity contribution in [3.63, 3.8) is 0 Å². The minimum atomic E-state index is -0.297. The largest absolute Gasteiger partial charge is 0.494 e. The van der Waals surface area contributed by atoms with Gasteiger partial charge in [0.2, 0.25) is 0 Å². The number of aromatic amines is 2. The van der Waals surface area contributed by atoms with Gasteiger partial charge in [0.25, 0.3) is 5.56 Å². The highest BCUT2D eigenvalue weighted by Crippen LogP contribution is 2.41. The summed E-state index contributed by atoms with van der Waals surface area (Å²) in [6.45, 7) is 0. The number of nitrogens with one attached hydrogen (secondary N) is 2. The van der Waals surface area contributed by atoms with Crippen molar-refractivity contribution in [1.82, 2.24) is 15.0 Å². The number of aromatic nitrogens is 3. The predicted molar refractivity (Wildman–Crippen MR) is 99.6 cm³/mol. The summed E-state index contributed by atoms with van der Waals surface area (Å²) in [6.07, 6.45) is 1.72. The summed E-state index contributed by atoms with van der Waals surface area (Å²) >= 11 is 0. The Labute approximate surface area is 139 Å². The zero-order valence-corrected chi connectivity index (χ0v) is 12.9. The summed E-state index contributed by atoms with van der Waals surface area (Å²) in [5, 5.41) is 16.0. The molecule has 3 N–H and O–H groups in total. The van der Waals surface area contributed by atoms with Gasteiger partial charge in [-0.05, 0) is 12.1 Å². The highest BCUT2D eigenvalue weighted by atomic mass is 16.3. The number of para-hydroxylation sites is 1. The zero-order valence-electron chi connectivity index (χ0n) is 12.9. The van der Waals surface area contributed by atoms with Crippen molar-refractivity contribution in [3.8, 4) is 5.88 Å². The molecule has 0 radical (unpaired) electrons. The number of benzene rings is 2. The van der Waals surface area contributed by atoms with E-state index in [4.69, 9.17) is 0 Å². The molecule has 0 spiro atoms. The zero-order chi connectivity index (χ0) is 16.7. The SMILES string of the molecule is O=c1[nH]c(O)c2c1c1cnc3cccc(c4[nH]c5ccccc5c42)c31. The third kappa shape index (κ3) is 1.39. The summed E-state index contributed by atoms with van der Waals surface area (Å²) in [7, 11) is 0. The van der Waals surface area contributed by atoms with Crippen LogP contribution in [0.3, 0.4) is 0 Å². The average Bonchev–Trinajstić information content (AvgIpc) is 3.25. The van der Waals surface area contributed by atoms with Crippen molar-refractivity contribution in [1.29, 1.82) is 0 Å². The van der Waals surface area contributed by atoms with E-state index >= 15 is 0 Å². The van der Waals surface area contributed by atoms with Gasteiger partial charge in [-0.3, -0.25) is 14.8 Å². The average molecular weight is 325 g/mol. The fourth-order valence-corrected chi connectivity index (χ4v) is 4.10. The summed E-state index contributed by atoms with van der Waals surface area (Å²) in [4.78, 5) is 23.1. The minimum Gasteiger partial charge on any atom is -0.494 e. The molecule has 0 aliphatic heterocycles. The third-order valence-electron chi connectivity index (χ3n) is 5.09. The maximum Gasteiger partial charge on any atom is 0.259 e. The normalized spacial score (nSPS) is 12.3. The molecule has 0 saturated heterocycles. The van der Waals surface area contributed by atoms with Gasteiger partial charge in [-0.25, -0.2) is 0 Å². The van der Waals surface area contributed by atoms with Crippen LogP contribution in [0.15, 0.2) is 53.5 Å². The number of fused-ring (bicyclic) bond motifs is 7. The van der Waals surface area contributed by atoms with Crippen LogP contribution in [-0.2, 0) is 0 Å². The molecule has 0 fully saturated rings. The fourth-order valence-electron chi connectivity index (χ4n) is 4.10. The molecule has 0 atom stereocenters. The van der Waals surface area contributed by atoms with Gasteiger partial charge in [0.1, 0.15) is 0 Å². The van der Waals surface area contributed by atoms with Crippen molar-refractivity contribution in [2.45, 2.75) is 0 Å². The molecule has 0 aliphatic carbocycles. The highest BCUT2D eigenvalue weighted by Gasteiger charge is 2.20. The molecule has 0 saturated carbocycles. The summed E-state index contributed by atoms with van der Waals surface area (Å²) < 4.78 is 0. The van der Waals surface area contributed by atoms with Crippen LogP contribution in [-0.4, -0.2) is 20.1 Å². The van der Waals surface area contributed by atoms with Gasteiger partial charge in [0, 0.05) is 38.6 Å². The van der Waals surface area contributed by atoms with E-state index in [1.165, 1.54) is 0 Å². The van der Waals surface area contributed by atoms with Gasteiger partial charge in [-0.15, -0.1) is 0 Å². The van der Waals surface area contributed by atoms with E-state index < -0.39 is 0 Å². The van der Waals surface area contributed by atoms with Crippen LogP contribution in [0.4, 0.5) is 0 Å². The standard InChI is InChI=1S/C20H11N3O2/c24-19-16-11-8-21-13-7-3-5-10(14(11)13)18-15(17(16)20(25)23-19)9-4-1-2-6-12(9)22-18/h1-8,22H,(H2,23,24,25). The molecular formula is C20H11N3O2. The smallest absolute Gasteiger partial charge is 0.259 e. The second kappa shape index (κ2) is 4.08. The second-order valence-electron chi connectivity index (χ2n) is 6.34. The maximum atomic E-state index is 12.6. The monoisotopic (exact) mass is 325 g/mol. The molecule has 0 unspecified atom stereocenters. The Kier molecular flexibility index (Phi) is 2.08. The lowest BCUT2D eigenvalue weighted by Gasteiger charge is -1.94. The van der Waals surface area contributed by atoms with Gasteiger partial charge in [-0.2, -0.15) is 0 Å². The molecule has 118 valence electrons. The van der Waals surface area contributed by atoms with E-state index in [1.54, 1.807) is 6.20 Å². The molecule has 25 heavy (non-hydrogen) atoms. The van der Waals surface area contributed by atoms with Crippen LogP contribution in [0.25, 0.3) is 54.3 Å². The highest BCUT2D eigenvalue weighted by molar-refractivity contribution is 6.34. The molecule has 0 amide bonds. The number of aromatic hydroxyl groups is 1. The summed E-state index contributed by atoms with van der Waals surface area (Å²) in [5.41, 5.74) is 2.40. The number of rotatable bonds is 0. The first-order valence-electron chi connectivity index (χ1n) is 8.02. The molecule has 3 heterocycles. The first-order valence-corrected chi connectivity index (χ1v) is 8.02. The number of nitrogens with zero attached hydrogens (tertiary/aromatic N) is 1. The van der Waals surface area contributed by atoms with Crippen LogP contribution < -0.4 is 5.56 Å². The second-order valence-corrected chi connectivity index (χ2v) is 6.34. The Balaban J connectivity index is 2.19.